The van der Waals surface area contributed by atoms with Gasteiger partial charge in [0.25, 0.3) is 0 Å². The van der Waals surface area contributed by atoms with E-state index in [0.29, 0.717) is 5.75 Å². The van der Waals surface area contributed by atoms with Crippen molar-refractivity contribution in [2.45, 2.75) is 20.3 Å². The first-order valence-corrected chi connectivity index (χ1v) is 5.10. The van der Waals surface area contributed by atoms with Gasteiger partial charge >= 0.3 is 0 Å². The van der Waals surface area contributed by atoms with Crippen molar-refractivity contribution >= 4 is 21.5 Å². The Labute approximate surface area is 87.2 Å². The minimum absolute atomic E-state index is 0.324. The molecule has 1 aromatic carbocycles. The highest BCUT2D eigenvalue weighted by molar-refractivity contribution is 9.10. The maximum absolute atomic E-state index is 9.71. The monoisotopic (exact) mass is 240 g/mol. The van der Waals surface area contributed by atoms with Crippen LogP contribution in [-0.2, 0) is 0 Å². The van der Waals surface area contributed by atoms with E-state index >= 15 is 0 Å². The zero-order valence-electron chi connectivity index (χ0n) is 7.84. The molecular formula is C11H13BrO. The van der Waals surface area contributed by atoms with Gasteiger partial charge in [-0.25, -0.2) is 0 Å². The van der Waals surface area contributed by atoms with Crippen molar-refractivity contribution in [3.8, 4) is 5.75 Å². The summed E-state index contributed by atoms with van der Waals surface area (Å²) in [6, 6.07) is 5.67. The van der Waals surface area contributed by atoms with Gasteiger partial charge in [-0.15, -0.1) is 0 Å². The molecule has 0 aliphatic carbocycles. The van der Waals surface area contributed by atoms with E-state index < -0.39 is 0 Å². The van der Waals surface area contributed by atoms with Gasteiger partial charge in [-0.3, -0.25) is 0 Å². The number of phenols is 1. The fraction of sp³-hybridized carbons (Fsp3) is 0.273. The van der Waals surface area contributed by atoms with E-state index in [1.54, 1.807) is 0 Å². The summed E-state index contributed by atoms with van der Waals surface area (Å²) in [5.41, 5.74) is 2.01. The topological polar surface area (TPSA) is 20.2 Å². The van der Waals surface area contributed by atoms with E-state index in [1.165, 1.54) is 0 Å². The highest BCUT2D eigenvalue weighted by Crippen LogP contribution is 2.31. The highest BCUT2D eigenvalue weighted by Gasteiger charge is 2.04. The Morgan fingerprint density at radius 1 is 1.54 bits per heavy atom. The Kier molecular flexibility index (Phi) is 3.55. The molecule has 1 rings (SSSR count). The van der Waals surface area contributed by atoms with Crippen molar-refractivity contribution in [2.24, 2.45) is 0 Å². The van der Waals surface area contributed by atoms with Crippen LogP contribution >= 0.6 is 15.9 Å². The van der Waals surface area contributed by atoms with Gasteiger partial charge in [0.15, 0.2) is 0 Å². The number of allylic oxidation sites excluding steroid dienone is 2. The van der Waals surface area contributed by atoms with Crippen molar-refractivity contribution in [1.29, 1.82) is 0 Å². The number of hydrogen-bond donors (Lipinski definition) is 1. The Morgan fingerprint density at radius 3 is 2.85 bits per heavy atom. The molecule has 0 aliphatic rings. The van der Waals surface area contributed by atoms with Crippen LogP contribution in [0.1, 0.15) is 25.8 Å². The van der Waals surface area contributed by atoms with E-state index in [4.69, 9.17) is 0 Å². The third-order valence-electron chi connectivity index (χ3n) is 1.92. The van der Waals surface area contributed by atoms with Gasteiger partial charge in [-0.1, -0.05) is 25.1 Å². The van der Waals surface area contributed by atoms with Crippen LogP contribution < -0.4 is 0 Å². The number of rotatable bonds is 2. The predicted molar refractivity (Wildman–Crippen MR) is 59.7 cm³/mol. The van der Waals surface area contributed by atoms with Crippen LogP contribution in [0.4, 0.5) is 0 Å². The highest BCUT2D eigenvalue weighted by atomic mass is 79.9. The molecule has 1 nitrogen and oxygen atoms in total. The van der Waals surface area contributed by atoms with Gasteiger partial charge < -0.3 is 5.11 Å². The quantitative estimate of drug-likeness (QED) is 0.830. The summed E-state index contributed by atoms with van der Waals surface area (Å²) in [7, 11) is 0. The maximum atomic E-state index is 9.71. The number of para-hydroxylation sites is 1. The van der Waals surface area contributed by atoms with Crippen molar-refractivity contribution in [3.05, 3.63) is 34.3 Å². The zero-order valence-corrected chi connectivity index (χ0v) is 9.43. The Bertz CT molecular complexity index is 329. The van der Waals surface area contributed by atoms with Crippen molar-refractivity contribution in [3.63, 3.8) is 0 Å². The molecule has 0 fully saturated rings. The Balaban J connectivity index is 3.15. The standard InChI is InChI=1S/C11H13BrO/c1-3-5-8(2)9-6-4-7-10(12)11(9)13/h4-7,13H,3H2,1-2H3. The van der Waals surface area contributed by atoms with Crippen molar-refractivity contribution < 1.29 is 5.11 Å². The van der Waals surface area contributed by atoms with Crippen LogP contribution in [0, 0.1) is 0 Å². The molecule has 0 saturated carbocycles. The summed E-state index contributed by atoms with van der Waals surface area (Å²) in [6.07, 6.45) is 3.08. The molecule has 13 heavy (non-hydrogen) atoms. The molecule has 0 aromatic heterocycles. The Morgan fingerprint density at radius 2 is 2.23 bits per heavy atom. The summed E-state index contributed by atoms with van der Waals surface area (Å²) in [6.45, 7) is 4.09. The van der Waals surface area contributed by atoms with Gasteiger partial charge in [-0.05, 0) is 40.9 Å². The average Bonchev–Trinajstić information content (AvgIpc) is 2.10. The molecule has 1 N–H and O–H groups in total. The minimum atomic E-state index is 0.324. The molecule has 1 aromatic rings. The SMILES string of the molecule is CCC=C(C)c1cccc(Br)c1O. The minimum Gasteiger partial charge on any atom is -0.506 e. The molecule has 70 valence electrons. The number of aromatic hydroxyl groups is 1. The molecule has 0 unspecified atom stereocenters. The molecule has 0 radical (unpaired) electrons. The zero-order chi connectivity index (χ0) is 9.84. The Hall–Kier alpha value is -0.760. The summed E-state index contributed by atoms with van der Waals surface area (Å²) >= 11 is 3.29. The normalized spacial score (nSPS) is 11.8. The van der Waals surface area contributed by atoms with Crippen LogP contribution in [0.25, 0.3) is 5.57 Å². The van der Waals surface area contributed by atoms with Crippen molar-refractivity contribution in [2.75, 3.05) is 0 Å². The second kappa shape index (κ2) is 4.47. The smallest absolute Gasteiger partial charge is 0.137 e. The number of halogens is 1. The second-order valence-corrected chi connectivity index (χ2v) is 3.79. The van der Waals surface area contributed by atoms with Crippen molar-refractivity contribution in [1.82, 2.24) is 0 Å². The molecule has 0 saturated heterocycles. The number of phenolic OH excluding ortho intramolecular Hbond substituents is 1. The lowest BCUT2D eigenvalue weighted by Gasteiger charge is -2.05. The molecule has 0 atom stereocenters. The van der Waals surface area contributed by atoms with Crippen LogP contribution in [-0.4, -0.2) is 5.11 Å². The van der Waals surface area contributed by atoms with E-state index in [9.17, 15) is 5.11 Å². The second-order valence-electron chi connectivity index (χ2n) is 2.93. The van der Waals surface area contributed by atoms with Crippen LogP contribution in [0.2, 0.25) is 0 Å². The fourth-order valence-electron chi connectivity index (χ4n) is 1.25. The van der Waals surface area contributed by atoms with Crippen LogP contribution in [0.3, 0.4) is 0 Å². The van der Waals surface area contributed by atoms with E-state index in [0.717, 1.165) is 22.0 Å². The summed E-state index contributed by atoms with van der Waals surface area (Å²) in [5, 5.41) is 9.71. The van der Waals surface area contributed by atoms with Gasteiger partial charge in [0.1, 0.15) is 5.75 Å². The molecule has 0 spiro atoms. The van der Waals surface area contributed by atoms with Crippen LogP contribution in [0.15, 0.2) is 28.7 Å². The first-order chi connectivity index (χ1) is 6.16. The molecule has 0 bridgehead atoms. The molecule has 0 heterocycles. The number of hydrogen-bond acceptors (Lipinski definition) is 1. The van der Waals surface area contributed by atoms with Gasteiger partial charge in [0.2, 0.25) is 0 Å². The van der Waals surface area contributed by atoms with E-state index in [2.05, 4.69) is 28.9 Å². The first-order valence-electron chi connectivity index (χ1n) is 4.31. The average molecular weight is 241 g/mol. The molecular weight excluding hydrogens is 228 g/mol. The van der Waals surface area contributed by atoms with Gasteiger partial charge in [0.05, 0.1) is 4.47 Å². The van der Waals surface area contributed by atoms with Gasteiger partial charge in [0, 0.05) is 5.56 Å². The molecule has 0 amide bonds. The van der Waals surface area contributed by atoms with Gasteiger partial charge in [-0.2, -0.15) is 0 Å². The lowest BCUT2D eigenvalue weighted by molar-refractivity contribution is 0.470. The third-order valence-corrected chi connectivity index (χ3v) is 2.56. The largest absolute Gasteiger partial charge is 0.506 e. The first kappa shape index (κ1) is 10.3. The summed E-state index contributed by atoms with van der Waals surface area (Å²) in [5.74, 6) is 0.324. The maximum Gasteiger partial charge on any atom is 0.137 e. The molecule has 2 heteroatoms. The molecule has 0 aliphatic heterocycles. The summed E-state index contributed by atoms with van der Waals surface area (Å²) in [4.78, 5) is 0. The summed E-state index contributed by atoms with van der Waals surface area (Å²) < 4.78 is 0.744. The van der Waals surface area contributed by atoms with E-state index in [-0.39, 0.29) is 0 Å². The van der Waals surface area contributed by atoms with E-state index in [1.807, 2.05) is 25.1 Å². The lowest BCUT2D eigenvalue weighted by Crippen LogP contribution is -1.81. The number of benzene rings is 1. The third kappa shape index (κ3) is 2.34. The predicted octanol–water partition coefficient (Wildman–Crippen LogP) is 3.97. The lowest BCUT2D eigenvalue weighted by atomic mass is 10.1. The fourth-order valence-corrected chi connectivity index (χ4v) is 1.62. The van der Waals surface area contributed by atoms with Crippen LogP contribution in [0.5, 0.6) is 5.75 Å².